The standard InChI is InChI=1S/C50H66O2.C12H17N.C10H12.Mo/c1-27(2)35-23-39(29(5)6)45(40(24-35)30(7)8)43-21-33-17-13-15-19-37(33)47(49(43)51)48-38-20-16-14-18-34(38)22-44(50(48)52)46-41(31(9)10)25-36(28(3)4)26-42(46)32(11)12;1-8(2)10-6-5-7-11(9(3)4)12(10)13;1-10(2,3)9-7-5-4-6-8-9;/h21-32,51-52H,13-20H2,1-12H3;5-9H,1-4H3;1,4-8H,2-3H3;. The molecule has 0 spiro atoms. The van der Waals surface area contributed by atoms with Gasteiger partial charge in [-0.05, 0) is 166 Å². The van der Waals surface area contributed by atoms with Crippen molar-refractivity contribution >= 4 is 10.1 Å². The van der Waals surface area contributed by atoms with Gasteiger partial charge in [-0.1, -0.05) is 107 Å². The van der Waals surface area contributed by atoms with E-state index < -0.39 is 17.9 Å². The zero-order chi connectivity index (χ0) is 55.5. The Labute approximate surface area is 469 Å². The number of aryl methyl sites for hydroxylation is 2. The van der Waals surface area contributed by atoms with Gasteiger partial charge in [0, 0.05) is 22.3 Å². The van der Waals surface area contributed by atoms with Crippen molar-refractivity contribution in [2.24, 2.45) is 3.50 Å². The molecule has 2 aliphatic rings. The second-order valence-electron chi connectivity index (χ2n) is 25.6. The molecule has 406 valence electrons. The maximum absolute atomic E-state index is 13.0. The van der Waals surface area contributed by atoms with Gasteiger partial charge in [-0.25, -0.2) is 0 Å². The van der Waals surface area contributed by atoms with Gasteiger partial charge in [0.05, 0.1) is 0 Å². The number of hydrogen-bond acceptors (Lipinski definition) is 3. The summed E-state index contributed by atoms with van der Waals surface area (Å²) in [7, 11) is 0. The molecule has 0 atom stereocenters. The zero-order valence-corrected chi connectivity index (χ0v) is 52.2. The molecule has 0 fully saturated rings. The van der Waals surface area contributed by atoms with Crippen LogP contribution in [0.25, 0.3) is 33.4 Å². The predicted octanol–water partition coefficient (Wildman–Crippen LogP) is 21.2. The van der Waals surface area contributed by atoms with E-state index in [0.29, 0.717) is 58.8 Å². The SMILES string of the molecule is CC(C)c1cc(C(C)C)c(-c2cc3c(c(-c4c(O)c(-c5c(C(C)C)cc(C(C)C)cc5C(C)C)cc5c4CCCC5)c2O)CCCC3)c(C(C)C)c1.CC(C)c1cccc(C(C)C)c1[N]=[Mo]=[CH]C(C)(C)c1ccccc1. The third-order valence-electron chi connectivity index (χ3n) is 16.7. The number of phenols is 2. The summed E-state index contributed by atoms with van der Waals surface area (Å²) in [5.74, 6) is 3.76. The molecule has 2 N–H and O–H groups in total. The van der Waals surface area contributed by atoms with Crippen molar-refractivity contribution in [3.63, 3.8) is 0 Å². The Kier molecular flexibility index (Phi) is 19.4. The van der Waals surface area contributed by atoms with Crippen molar-refractivity contribution in [2.75, 3.05) is 0 Å². The minimum absolute atomic E-state index is 0.0811. The fraction of sp³-hybridized carbons (Fsp3) is 0.486. The number of fused-ring (bicyclic) bond motifs is 2. The van der Waals surface area contributed by atoms with Crippen LogP contribution in [0, 0.1) is 0 Å². The quantitative estimate of drug-likeness (QED) is 0.107. The number of benzene rings is 6. The Morgan fingerprint density at radius 2 is 0.776 bits per heavy atom. The third-order valence-corrected chi connectivity index (χ3v) is 19.1. The van der Waals surface area contributed by atoms with E-state index in [2.05, 4.69) is 214 Å². The molecule has 76 heavy (non-hydrogen) atoms. The fourth-order valence-electron chi connectivity index (χ4n) is 12.0. The van der Waals surface area contributed by atoms with E-state index in [4.69, 9.17) is 3.50 Å². The number of aromatic hydroxyl groups is 2. The molecular weight excluding hydrogens is 1010 g/mol. The van der Waals surface area contributed by atoms with Crippen LogP contribution in [0.3, 0.4) is 0 Å². The predicted molar refractivity (Wildman–Crippen MR) is 326 cm³/mol. The molecule has 2 aliphatic carbocycles. The van der Waals surface area contributed by atoms with Crippen molar-refractivity contribution < 1.29 is 28.1 Å². The molecule has 4 heteroatoms. The van der Waals surface area contributed by atoms with Crippen molar-refractivity contribution in [3.05, 3.63) is 157 Å². The van der Waals surface area contributed by atoms with Crippen LogP contribution >= 0.6 is 0 Å². The number of hydrogen-bond donors (Lipinski definition) is 2. The first-order valence-electron chi connectivity index (χ1n) is 29.5. The average molecular weight is 1100 g/mol. The molecule has 0 aromatic heterocycles. The van der Waals surface area contributed by atoms with Crippen LogP contribution in [0.4, 0.5) is 5.69 Å². The molecule has 6 aromatic rings. The Hall–Kier alpha value is -4.72. The molecule has 8 rings (SSSR count). The van der Waals surface area contributed by atoms with Gasteiger partial charge < -0.3 is 10.2 Å². The number of rotatable bonds is 14. The fourth-order valence-corrected chi connectivity index (χ4v) is 13.9. The molecule has 6 aromatic carbocycles. The number of phenolic OH excluding ortho intramolecular Hbond substituents is 2. The summed E-state index contributed by atoms with van der Waals surface area (Å²) in [6.07, 6.45) is 8.36. The van der Waals surface area contributed by atoms with Gasteiger partial charge in [0.2, 0.25) is 0 Å². The Morgan fingerprint density at radius 3 is 1.12 bits per heavy atom. The molecule has 0 saturated heterocycles. The third kappa shape index (κ3) is 12.6. The van der Waals surface area contributed by atoms with Crippen molar-refractivity contribution in [3.8, 4) is 44.9 Å². The molecule has 0 unspecified atom stereocenters. The summed E-state index contributed by atoms with van der Waals surface area (Å²) < 4.78 is 7.59. The molecule has 0 heterocycles. The molecule has 0 amide bonds. The summed E-state index contributed by atoms with van der Waals surface area (Å²) in [5.41, 5.74) is 24.7. The topological polar surface area (TPSA) is 52.8 Å². The van der Waals surface area contributed by atoms with Gasteiger partial charge in [0.1, 0.15) is 11.5 Å². The van der Waals surface area contributed by atoms with Gasteiger partial charge >= 0.3 is 156 Å². The van der Waals surface area contributed by atoms with Gasteiger partial charge in [-0.3, -0.25) is 0 Å². The van der Waals surface area contributed by atoms with Crippen LogP contribution in [0.1, 0.15) is 270 Å². The second kappa shape index (κ2) is 24.9. The van der Waals surface area contributed by atoms with E-state index in [-0.39, 0.29) is 5.41 Å². The summed E-state index contributed by atoms with van der Waals surface area (Å²) in [6, 6.07) is 31.7. The van der Waals surface area contributed by atoms with E-state index in [1.54, 1.807) is 0 Å². The first kappa shape index (κ1) is 59.0. The zero-order valence-electron chi connectivity index (χ0n) is 50.2. The van der Waals surface area contributed by atoms with E-state index in [9.17, 15) is 10.2 Å². The van der Waals surface area contributed by atoms with Gasteiger partial charge in [-0.2, -0.15) is 0 Å². The van der Waals surface area contributed by atoms with E-state index in [1.807, 2.05) is 0 Å². The van der Waals surface area contributed by atoms with Crippen LogP contribution in [0.5, 0.6) is 11.5 Å². The van der Waals surface area contributed by atoms with Gasteiger partial charge in [-0.15, -0.1) is 0 Å². The molecule has 0 saturated carbocycles. The van der Waals surface area contributed by atoms with Crippen LogP contribution < -0.4 is 0 Å². The van der Waals surface area contributed by atoms with Crippen molar-refractivity contribution in [1.29, 1.82) is 0 Å². The van der Waals surface area contributed by atoms with Crippen LogP contribution in [-0.2, 0) is 49.0 Å². The number of nitrogens with zero attached hydrogens (tertiary/aromatic N) is 1. The van der Waals surface area contributed by atoms with E-state index >= 15 is 0 Å². The second-order valence-corrected chi connectivity index (χ2v) is 27.1. The molecule has 3 nitrogen and oxygen atoms in total. The van der Waals surface area contributed by atoms with Crippen LogP contribution in [-0.4, -0.2) is 14.6 Å². The molecule has 0 bridgehead atoms. The van der Waals surface area contributed by atoms with Crippen LogP contribution in [0.15, 0.2) is 88.4 Å². The normalized spacial score (nSPS) is 13.8. The minimum atomic E-state index is -0.553. The summed E-state index contributed by atoms with van der Waals surface area (Å²) in [4.78, 5) is 0. The first-order chi connectivity index (χ1) is 35.9. The van der Waals surface area contributed by atoms with Crippen LogP contribution in [0.2, 0.25) is 0 Å². The van der Waals surface area contributed by atoms with Crippen molar-refractivity contribution in [2.45, 2.75) is 229 Å². The van der Waals surface area contributed by atoms with Crippen molar-refractivity contribution in [1.82, 2.24) is 0 Å². The Balaban J connectivity index is 0.000000293. The summed E-state index contributed by atoms with van der Waals surface area (Å²) in [5, 5.41) is 26.0. The van der Waals surface area contributed by atoms with E-state index in [1.165, 1.54) is 89.1 Å². The molecule has 0 aliphatic heterocycles. The van der Waals surface area contributed by atoms with Gasteiger partial charge in [0.25, 0.3) is 0 Å². The summed E-state index contributed by atoms with van der Waals surface area (Å²) >= 11 is -0.553. The average Bonchev–Trinajstić information content (AvgIpc) is 3.43. The molecular formula is C72H95MoNO2. The Morgan fingerprint density at radius 1 is 0.421 bits per heavy atom. The molecule has 0 radical (unpaired) electrons. The first-order valence-corrected chi connectivity index (χ1v) is 31.5. The monoisotopic (exact) mass is 1100 g/mol. The Bertz CT molecular complexity index is 2850. The van der Waals surface area contributed by atoms with Gasteiger partial charge in [0.15, 0.2) is 0 Å². The van der Waals surface area contributed by atoms with E-state index in [0.717, 1.165) is 73.6 Å². The summed E-state index contributed by atoms with van der Waals surface area (Å²) in [6.45, 7) is 41.1. The maximum atomic E-state index is 13.0.